The van der Waals surface area contributed by atoms with Crippen LogP contribution in [0.3, 0.4) is 0 Å². The Morgan fingerprint density at radius 3 is 2.20 bits per heavy atom. The third kappa shape index (κ3) is 16.6. The summed E-state index contributed by atoms with van der Waals surface area (Å²) in [5.74, 6) is 0. The molecular weight excluding hydrogens is 208 g/mol. The summed E-state index contributed by atoms with van der Waals surface area (Å²) in [5, 5.41) is 3.32. The number of unbranched alkanes of at least 4 members (excludes halogenated alkanes) is 3. The summed E-state index contributed by atoms with van der Waals surface area (Å²) < 4.78 is 1.09. The van der Waals surface area contributed by atoms with Crippen LogP contribution in [-0.4, -0.2) is 45.3 Å². The SMILES string of the molecule is C=CCNCCCCCC[N+](C)(C)C.[Cl-]. The number of quaternary nitrogens is 1. The minimum absolute atomic E-state index is 0. The second-order valence-electron chi connectivity index (χ2n) is 4.92. The van der Waals surface area contributed by atoms with Gasteiger partial charge >= 0.3 is 0 Å². The Balaban J connectivity index is 0. The fourth-order valence-corrected chi connectivity index (χ4v) is 1.39. The molecule has 0 rings (SSSR count). The minimum atomic E-state index is 0. The summed E-state index contributed by atoms with van der Waals surface area (Å²) in [7, 11) is 6.77. The lowest BCUT2D eigenvalue weighted by molar-refractivity contribution is -0.870. The van der Waals surface area contributed by atoms with Crippen LogP contribution >= 0.6 is 0 Å². The molecule has 0 atom stereocenters. The molecule has 0 spiro atoms. The lowest BCUT2D eigenvalue weighted by Crippen LogP contribution is -3.00. The molecule has 1 N–H and O–H groups in total. The Labute approximate surface area is 102 Å². The molecule has 0 aromatic carbocycles. The number of halogens is 1. The van der Waals surface area contributed by atoms with Gasteiger partial charge in [-0.05, 0) is 25.8 Å². The number of hydrogen-bond acceptors (Lipinski definition) is 1. The predicted molar refractivity (Wildman–Crippen MR) is 64.4 cm³/mol. The molecule has 15 heavy (non-hydrogen) atoms. The summed E-state index contributed by atoms with van der Waals surface area (Å²) in [6, 6.07) is 0. The molecule has 0 saturated heterocycles. The highest BCUT2D eigenvalue weighted by atomic mass is 35.5. The molecule has 0 aliphatic carbocycles. The van der Waals surface area contributed by atoms with Crippen molar-refractivity contribution in [2.75, 3.05) is 40.8 Å². The molecule has 0 bridgehead atoms. The third-order valence-electron chi connectivity index (χ3n) is 2.22. The van der Waals surface area contributed by atoms with Crippen molar-refractivity contribution in [1.29, 1.82) is 0 Å². The second kappa shape index (κ2) is 10.5. The first kappa shape index (κ1) is 17.3. The fraction of sp³-hybridized carbons (Fsp3) is 0.833. The van der Waals surface area contributed by atoms with Crippen molar-refractivity contribution in [3.63, 3.8) is 0 Å². The van der Waals surface area contributed by atoms with Gasteiger partial charge in [-0.2, -0.15) is 0 Å². The van der Waals surface area contributed by atoms with Gasteiger partial charge in [0.05, 0.1) is 27.7 Å². The van der Waals surface area contributed by atoms with E-state index in [0.29, 0.717) is 0 Å². The highest BCUT2D eigenvalue weighted by Gasteiger charge is 2.04. The molecule has 3 heteroatoms. The summed E-state index contributed by atoms with van der Waals surface area (Å²) in [5.41, 5.74) is 0. The Morgan fingerprint density at radius 1 is 1.07 bits per heavy atom. The van der Waals surface area contributed by atoms with Gasteiger partial charge in [-0.25, -0.2) is 0 Å². The number of hydrogen-bond donors (Lipinski definition) is 1. The lowest BCUT2D eigenvalue weighted by Gasteiger charge is -2.23. The molecule has 2 nitrogen and oxygen atoms in total. The van der Waals surface area contributed by atoms with Crippen molar-refractivity contribution in [3.05, 3.63) is 12.7 Å². The molecule has 0 aliphatic rings. The zero-order valence-corrected chi connectivity index (χ0v) is 11.3. The second-order valence-corrected chi connectivity index (χ2v) is 4.92. The fourth-order valence-electron chi connectivity index (χ4n) is 1.39. The molecular formula is C12H27ClN2. The van der Waals surface area contributed by atoms with Crippen molar-refractivity contribution >= 4 is 0 Å². The van der Waals surface area contributed by atoms with Gasteiger partial charge in [0.25, 0.3) is 0 Å². The van der Waals surface area contributed by atoms with E-state index in [1.165, 1.54) is 32.2 Å². The van der Waals surface area contributed by atoms with Crippen molar-refractivity contribution in [2.45, 2.75) is 25.7 Å². The molecule has 0 radical (unpaired) electrons. The maximum atomic E-state index is 3.67. The molecule has 0 unspecified atom stereocenters. The number of nitrogens with zero attached hydrogens (tertiary/aromatic N) is 1. The smallest absolute Gasteiger partial charge is 0.0780 e. The summed E-state index contributed by atoms with van der Waals surface area (Å²) >= 11 is 0. The van der Waals surface area contributed by atoms with Gasteiger partial charge in [-0.1, -0.05) is 12.5 Å². The standard InChI is InChI=1S/C12H27N2.ClH/c1-5-10-13-11-8-6-7-9-12-14(2,3)4;/h5,13H,1,6-12H2,2-4H3;1H/q+1;/p-1. The molecule has 0 aromatic rings. The Bertz CT molecular complexity index is 141. The van der Waals surface area contributed by atoms with Crippen LogP contribution in [0, 0.1) is 0 Å². The van der Waals surface area contributed by atoms with E-state index in [4.69, 9.17) is 0 Å². The van der Waals surface area contributed by atoms with Crippen LogP contribution in [0.1, 0.15) is 25.7 Å². The van der Waals surface area contributed by atoms with E-state index in [-0.39, 0.29) is 12.4 Å². The third-order valence-corrected chi connectivity index (χ3v) is 2.22. The first-order valence-corrected chi connectivity index (χ1v) is 5.68. The van der Waals surface area contributed by atoms with Crippen LogP contribution in [0.4, 0.5) is 0 Å². The van der Waals surface area contributed by atoms with Crippen LogP contribution in [0.5, 0.6) is 0 Å². The predicted octanol–water partition coefficient (Wildman–Crippen LogP) is -0.967. The molecule has 0 aromatic heterocycles. The van der Waals surface area contributed by atoms with E-state index in [0.717, 1.165) is 17.6 Å². The van der Waals surface area contributed by atoms with Crippen molar-refractivity contribution < 1.29 is 16.9 Å². The van der Waals surface area contributed by atoms with Gasteiger partial charge in [0.2, 0.25) is 0 Å². The van der Waals surface area contributed by atoms with Crippen LogP contribution in [0.2, 0.25) is 0 Å². The van der Waals surface area contributed by atoms with E-state index < -0.39 is 0 Å². The van der Waals surface area contributed by atoms with E-state index in [9.17, 15) is 0 Å². The van der Waals surface area contributed by atoms with Gasteiger partial charge in [0.15, 0.2) is 0 Å². The Hall–Kier alpha value is -0.0500. The largest absolute Gasteiger partial charge is 1.00 e. The molecule has 0 saturated carbocycles. The van der Waals surface area contributed by atoms with Crippen LogP contribution < -0.4 is 17.7 Å². The highest BCUT2D eigenvalue weighted by Crippen LogP contribution is 2.02. The van der Waals surface area contributed by atoms with E-state index >= 15 is 0 Å². The van der Waals surface area contributed by atoms with Crippen LogP contribution in [0.15, 0.2) is 12.7 Å². The average molecular weight is 235 g/mol. The average Bonchev–Trinajstić information content (AvgIpc) is 2.08. The Morgan fingerprint density at radius 2 is 1.67 bits per heavy atom. The highest BCUT2D eigenvalue weighted by molar-refractivity contribution is 4.69. The maximum Gasteiger partial charge on any atom is 0.0780 e. The summed E-state index contributed by atoms with van der Waals surface area (Å²) in [6.07, 6.45) is 7.28. The van der Waals surface area contributed by atoms with Gasteiger partial charge in [0, 0.05) is 6.54 Å². The summed E-state index contributed by atoms with van der Waals surface area (Å²) in [4.78, 5) is 0. The van der Waals surface area contributed by atoms with Crippen molar-refractivity contribution in [2.24, 2.45) is 0 Å². The zero-order valence-electron chi connectivity index (χ0n) is 10.6. The van der Waals surface area contributed by atoms with E-state index in [2.05, 4.69) is 33.0 Å². The molecule has 0 fully saturated rings. The first-order valence-electron chi connectivity index (χ1n) is 5.68. The number of rotatable bonds is 9. The van der Waals surface area contributed by atoms with Crippen molar-refractivity contribution in [1.82, 2.24) is 5.32 Å². The van der Waals surface area contributed by atoms with Gasteiger partial charge < -0.3 is 22.2 Å². The van der Waals surface area contributed by atoms with Crippen LogP contribution in [0.25, 0.3) is 0 Å². The molecule has 92 valence electrons. The van der Waals surface area contributed by atoms with Crippen molar-refractivity contribution in [3.8, 4) is 0 Å². The van der Waals surface area contributed by atoms with E-state index in [1.807, 2.05) is 6.08 Å². The molecule has 0 amide bonds. The normalized spacial score (nSPS) is 10.9. The topological polar surface area (TPSA) is 12.0 Å². The first-order chi connectivity index (χ1) is 6.56. The maximum absolute atomic E-state index is 3.67. The molecule has 0 aliphatic heterocycles. The lowest BCUT2D eigenvalue weighted by atomic mass is 10.2. The minimum Gasteiger partial charge on any atom is -1.00 e. The van der Waals surface area contributed by atoms with Gasteiger partial charge in [0.1, 0.15) is 0 Å². The van der Waals surface area contributed by atoms with E-state index in [1.54, 1.807) is 0 Å². The van der Waals surface area contributed by atoms with Gasteiger partial charge in [-0.3, -0.25) is 0 Å². The van der Waals surface area contributed by atoms with Crippen LogP contribution in [-0.2, 0) is 0 Å². The monoisotopic (exact) mass is 234 g/mol. The zero-order chi connectivity index (χ0) is 10.9. The quantitative estimate of drug-likeness (QED) is 0.308. The molecule has 0 heterocycles. The van der Waals surface area contributed by atoms with Gasteiger partial charge in [-0.15, -0.1) is 6.58 Å². The summed E-state index contributed by atoms with van der Waals surface area (Å²) in [6.45, 7) is 7.04. The number of nitrogens with one attached hydrogen (secondary N) is 1. The Kier molecular flexibility index (Phi) is 12.1.